The molecule has 4 aromatic carbocycles. The first-order valence-corrected chi connectivity index (χ1v) is 16.8. The lowest BCUT2D eigenvalue weighted by Crippen LogP contribution is -2.30. The van der Waals surface area contributed by atoms with Crippen LogP contribution in [0.4, 0.5) is 11.4 Å². The second kappa shape index (κ2) is 13.0. The Labute approximate surface area is 284 Å². The molecule has 6 nitrogen and oxygen atoms in total. The van der Waals surface area contributed by atoms with E-state index in [-0.39, 0.29) is 23.2 Å². The van der Waals surface area contributed by atoms with Gasteiger partial charge in [-0.15, -0.1) is 0 Å². The number of amides is 1. The first-order valence-electron chi connectivity index (χ1n) is 16.8. The van der Waals surface area contributed by atoms with Gasteiger partial charge in [0.2, 0.25) is 11.6 Å². The van der Waals surface area contributed by atoms with Gasteiger partial charge >= 0.3 is 0 Å². The molecule has 0 bridgehead atoms. The van der Waals surface area contributed by atoms with Crippen molar-refractivity contribution < 1.29 is 14.5 Å². The molecule has 2 heterocycles. The zero-order valence-corrected chi connectivity index (χ0v) is 28.7. The molecule has 0 aliphatic carbocycles. The summed E-state index contributed by atoms with van der Waals surface area (Å²) in [5.41, 5.74) is 19.2. The molecule has 1 unspecified atom stereocenters. The molecular formula is C42H47N4O2+. The number of benzene rings is 4. The van der Waals surface area contributed by atoms with Crippen molar-refractivity contribution >= 4 is 44.5 Å². The third-order valence-electron chi connectivity index (χ3n) is 9.96. The van der Waals surface area contributed by atoms with E-state index in [0.29, 0.717) is 19.5 Å². The Morgan fingerprint density at radius 1 is 0.896 bits per heavy atom. The second-order valence-corrected chi connectivity index (χ2v) is 14.1. The monoisotopic (exact) mass is 639 g/mol. The number of nitrogens with two attached hydrogens (primary N) is 2. The Kier molecular flexibility index (Phi) is 8.99. The summed E-state index contributed by atoms with van der Waals surface area (Å²) < 4.78 is 2.31. The summed E-state index contributed by atoms with van der Waals surface area (Å²) >= 11 is 0. The van der Waals surface area contributed by atoms with Crippen LogP contribution in [-0.2, 0) is 15.6 Å². The third kappa shape index (κ3) is 6.02. The summed E-state index contributed by atoms with van der Waals surface area (Å²) in [7, 11) is 0. The van der Waals surface area contributed by atoms with E-state index < -0.39 is 6.23 Å². The highest BCUT2D eigenvalue weighted by atomic mass is 16.3. The SMILES string of the molecule is CC(/C=C/C=C1/N(CCC(N)=O)c2ccc3ccccc3c2C1(C)C)=C\C=C\C1=[N+](CCC(N)O)c2ccc3ccccc3c2C1(C)C. The van der Waals surface area contributed by atoms with Crippen LogP contribution in [-0.4, -0.2) is 40.6 Å². The van der Waals surface area contributed by atoms with Gasteiger partial charge < -0.3 is 21.5 Å². The maximum atomic E-state index is 11.8. The smallest absolute Gasteiger partial charge is 0.219 e. The van der Waals surface area contributed by atoms with E-state index in [9.17, 15) is 9.90 Å². The molecule has 0 fully saturated rings. The summed E-state index contributed by atoms with van der Waals surface area (Å²) in [5, 5.41) is 14.8. The summed E-state index contributed by atoms with van der Waals surface area (Å²) in [6.45, 7) is 12.3. The Bertz CT molecular complexity index is 2060. The van der Waals surface area contributed by atoms with Gasteiger partial charge in [-0.05, 0) is 66.1 Å². The lowest BCUT2D eigenvalue weighted by atomic mass is 9.79. The zero-order chi connectivity index (χ0) is 34.2. The fraction of sp³-hybridized carbons (Fsp3) is 0.286. The molecule has 0 spiro atoms. The number of nitrogens with zero attached hydrogens (tertiary/aromatic N) is 2. The summed E-state index contributed by atoms with van der Waals surface area (Å²) in [5.74, 6) is -0.306. The number of allylic oxidation sites excluding steroid dienone is 8. The topological polar surface area (TPSA) is 95.6 Å². The van der Waals surface area contributed by atoms with Gasteiger partial charge in [0.15, 0.2) is 12.3 Å². The molecule has 2 aliphatic heterocycles. The molecule has 1 amide bonds. The van der Waals surface area contributed by atoms with Crippen LogP contribution >= 0.6 is 0 Å². The van der Waals surface area contributed by atoms with Crippen LogP contribution < -0.4 is 16.4 Å². The molecule has 1 atom stereocenters. The Hall–Kier alpha value is -4.78. The lowest BCUT2D eigenvalue weighted by Gasteiger charge is -2.26. The maximum absolute atomic E-state index is 11.8. The molecule has 6 heteroatoms. The number of carbonyl (C=O) groups is 1. The number of hydrogen-bond acceptors (Lipinski definition) is 4. The van der Waals surface area contributed by atoms with E-state index in [1.807, 2.05) is 0 Å². The van der Waals surface area contributed by atoms with Crippen molar-refractivity contribution in [1.29, 1.82) is 0 Å². The van der Waals surface area contributed by atoms with E-state index in [1.165, 1.54) is 44.1 Å². The number of primary amides is 1. The van der Waals surface area contributed by atoms with Gasteiger partial charge in [-0.25, -0.2) is 0 Å². The molecule has 5 N–H and O–H groups in total. The van der Waals surface area contributed by atoms with E-state index in [1.54, 1.807) is 0 Å². The lowest BCUT2D eigenvalue weighted by molar-refractivity contribution is -0.440. The average Bonchev–Trinajstić information content (AvgIpc) is 3.41. The quantitative estimate of drug-likeness (QED) is 0.0944. The van der Waals surface area contributed by atoms with Gasteiger partial charge in [0.1, 0.15) is 6.23 Å². The predicted molar refractivity (Wildman–Crippen MR) is 200 cm³/mol. The molecule has 4 aromatic rings. The highest BCUT2D eigenvalue weighted by Crippen LogP contribution is 2.51. The molecule has 0 saturated carbocycles. The van der Waals surface area contributed by atoms with Gasteiger partial charge in [-0.2, -0.15) is 4.58 Å². The number of anilines is 1. The minimum atomic E-state index is -0.868. The largest absolute Gasteiger partial charge is 0.379 e. The first kappa shape index (κ1) is 33.1. The van der Waals surface area contributed by atoms with Crippen molar-refractivity contribution in [3.05, 3.63) is 132 Å². The maximum Gasteiger partial charge on any atom is 0.219 e. The molecular weight excluding hydrogens is 592 g/mol. The molecule has 0 aromatic heterocycles. The van der Waals surface area contributed by atoms with Gasteiger partial charge in [-0.1, -0.05) is 98.3 Å². The van der Waals surface area contributed by atoms with Crippen molar-refractivity contribution in [2.24, 2.45) is 11.5 Å². The standard InChI is InChI=1S/C42H46N4O2/c1-28(12-10-18-35-41(2,3)39-31-16-8-6-14-29(31)20-22-33(39)45(35)26-24-37(43)47)13-11-19-36-42(4,5)40-32-17-9-7-15-30(32)21-23-34(40)46(36)27-25-38(44)48/h6-23,37,47H,24-27,43H2,1-5H3,(H-,44,48)/p+1. The van der Waals surface area contributed by atoms with Crippen molar-refractivity contribution in [3.63, 3.8) is 0 Å². The number of aliphatic hydroxyl groups is 1. The van der Waals surface area contributed by atoms with Gasteiger partial charge in [-0.3, -0.25) is 4.79 Å². The highest BCUT2D eigenvalue weighted by molar-refractivity contribution is 6.07. The Balaban J connectivity index is 1.30. The summed E-state index contributed by atoms with van der Waals surface area (Å²) in [6.07, 6.45) is 12.7. The number of hydrogen-bond donors (Lipinski definition) is 3. The summed E-state index contributed by atoms with van der Waals surface area (Å²) in [6, 6.07) is 25.7. The summed E-state index contributed by atoms with van der Waals surface area (Å²) in [4.78, 5) is 14.1. The van der Waals surface area contributed by atoms with Crippen LogP contribution in [0, 0.1) is 0 Å². The molecule has 0 saturated heterocycles. The molecule has 2 aliphatic rings. The van der Waals surface area contributed by atoms with Crippen molar-refractivity contribution in [1.82, 2.24) is 0 Å². The molecule has 6 rings (SSSR count). The van der Waals surface area contributed by atoms with Gasteiger partial charge in [0.25, 0.3) is 0 Å². The zero-order valence-electron chi connectivity index (χ0n) is 28.7. The first-order chi connectivity index (χ1) is 22.9. The van der Waals surface area contributed by atoms with Gasteiger partial charge in [0.05, 0.1) is 5.41 Å². The van der Waals surface area contributed by atoms with Crippen LogP contribution in [0.15, 0.2) is 121 Å². The van der Waals surface area contributed by atoms with Gasteiger partial charge in [0, 0.05) is 53.9 Å². The Morgan fingerprint density at radius 2 is 1.54 bits per heavy atom. The van der Waals surface area contributed by atoms with E-state index >= 15 is 0 Å². The fourth-order valence-electron chi connectivity index (χ4n) is 7.67. The van der Waals surface area contributed by atoms with E-state index in [2.05, 4.69) is 153 Å². The van der Waals surface area contributed by atoms with Crippen LogP contribution in [0.1, 0.15) is 58.6 Å². The Morgan fingerprint density at radius 3 is 2.21 bits per heavy atom. The molecule has 246 valence electrons. The predicted octanol–water partition coefficient (Wildman–Crippen LogP) is 7.65. The number of carbonyl (C=O) groups excluding carboxylic acids is 1. The number of aliphatic hydroxyl groups excluding tert-OH is 1. The third-order valence-corrected chi connectivity index (χ3v) is 9.96. The minimum Gasteiger partial charge on any atom is -0.379 e. The average molecular weight is 640 g/mol. The van der Waals surface area contributed by atoms with Crippen LogP contribution in [0.25, 0.3) is 21.5 Å². The van der Waals surface area contributed by atoms with Crippen LogP contribution in [0.3, 0.4) is 0 Å². The number of rotatable bonds is 10. The minimum absolute atomic E-state index is 0.240. The second-order valence-electron chi connectivity index (χ2n) is 14.1. The van der Waals surface area contributed by atoms with Crippen molar-refractivity contribution in [2.75, 3.05) is 18.0 Å². The normalized spacial score (nSPS) is 18.5. The highest BCUT2D eigenvalue weighted by Gasteiger charge is 2.45. The fourth-order valence-corrected chi connectivity index (χ4v) is 7.67. The number of fused-ring (bicyclic) bond motifs is 6. The van der Waals surface area contributed by atoms with Crippen molar-refractivity contribution in [2.45, 2.75) is 64.5 Å². The van der Waals surface area contributed by atoms with Crippen LogP contribution in [0.5, 0.6) is 0 Å². The molecule has 0 radical (unpaired) electrons. The van der Waals surface area contributed by atoms with E-state index in [4.69, 9.17) is 11.5 Å². The van der Waals surface area contributed by atoms with Crippen LogP contribution in [0.2, 0.25) is 0 Å². The molecule has 48 heavy (non-hydrogen) atoms. The van der Waals surface area contributed by atoms with Crippen molar-refractivity contribution in [3.8, 4) is 0 Å². The van der Waals surface area contributed by atoms with E-state index in [0.717, 1.165) is 17.0 Å².